The van der Waals surface area contributed by atoms with Crippen LogP contribution in [0.15, 0.2) is 18.3 Å². The van der Waals surface area contributed by atoms with Gasteiger partial charge in [-0.2, -0.15) is 4.98 Å². The number of aromatic nitrogens is 3. The van der Waals surface area contributed by atoms with Crippen molar-refractivity contribution in [1.82, 2.24) is 15.0 Å². The number of hydrogen-bond donors (Lipinski definition) is 3. The van der Waals surface area contributed by atoms with Crippen LogP contribution in [0.4, 0.5) is 11.8 Å². The van der Waals surface area contributed by atoms with Crippen molar-refractivity contribution in [2.45, 2.75) is 25.8 Å². The van der Waals surface area contributed by atoms with Crippen LogP contribution in [0, 0.1) is 0 Å². The highest BCUT2D eigenvalue weighted by Crippen LogP contribution is 2.19. The molecule has 0 unspecified atom stereocenters. The summed E-state index contributed by atoms with van der Waals surface area (Å²) in [5.74, 6) is -0.490. The number of anilines is 2. The van der Waals surface area contributed by atoms with Crippen LogP contribution >= 0.6 is 0 Å². The molecule has 0 radical (unpaired) electrons. The molecule has 0 saturated carbocycles. The number of pyridine rings is 1. The Morgan fingerprint density at radius 3 is 3.00 bits per heavy atom. The number of nitrogen functional groups attached to an aromatic ring is 1. The van der Waals surface area contributed by atoms with Gasteiger partial charge in [-0.05, 0) is 18.6 Å². The summed E-state index contributed by atoms with van der Waals surface area (Å²) in [4.78, 5) is 23.4. The van der Waals surface area contributed by atoms with Crippen molar-refractivity contribution in [3.8, 4) is 0 Å². The summed E-state index contributed by atoms with van der Waals surface area (Å²) in [7, 11) is 0. The fourth-order valence-electron chi connectivity index (χ4n) is 1.80. The summed E-state index contributed by atoms with van der Waals surface area (Å²) in [5.41, 5.74) is 6.71. The molecule has 2 rings (SSSR count). The van der Waals surface area contributed by atoms with Crippen LogP contribution in [-0.2, 0) is 4.79 Å². The molecule has 0 aromatic carbocycles. The highest BCUT2D eigenvalue weighted by Gasteiger charge is 2.18. The summed E-state index contributed by atoms with van der Waals surface area (Å²) in [6, 6.07) is 2.77. The van der Waals surface area contributed by atoms with E-state index in [9.17, 15) is 4.79 Å². The second-order valence-electron chi connectivity index (χ2n) is 4.13. The van der Waals surface area contributed by atoms with E-state index in [0.717, 1.165) is 6.42 Å². The molecule has 0 aliphatic heterocycles. The quantitative estimate of drug-likeness (QED) is 0.742. The Balaban J connectivity index is 2.41. The SMILES string of the molecule is CCC[C@H](Nc1nc(N)nc2cccnc12)C(=O)O. The minimum atomic E-state index is -0.928. The van der Waals surface area contributed by atoms with Crippen molar-refractivity contribution in [2.75, 3.05) is 11.1 Å². The number of carbonyl (C=O) groups is 1. The van der Waals surface area contributed by atoms with E-state index >= 15 is 0 Å². The summed E-state index contributed by atoms with van der Waals surface area (Å²) >= 11 is 0. The van der Waals surface area contributed by atoms with E-state index in [2.05, 4.69) is 20.3 Å². The number of nitrogens with two attached hydrogens (primary N) is 1. The molecular weight excluding hydrogens is 246 g/mol. The fraction of sp³-hybridized carbons (Fsp3) is 0.333. The summed E-state index contributed by atoms with van der Waals surface area (Å²) in [6.07, 6.45) is 2.84. The summed E-state index contributed by atoms with van der Waals surface area (Å²) in [5, 5.41) is 12.0. The highest BCUT2D eigenvalue weighted by atomic mass is 16.4. The third-order valence-electron chi connectivity index (χ3n) is 2.66. The van der Waals surface area contributed by atoms with Gasteiger partial charge in [0.2, 0.25) is 5.95 Å². The predicted octanol–water partition coefficient (Wildman–Crippen LogP) is 1.27. The van der Waals surface area contributed by atoms with Gasteiger partial charge < -0.3 is 16.2 Å². The van der Waals surface area contributed by atoms with Gasteiger partial charge >= 0.3 is 5.97 Å². The van der Waals surface area contributed by atoms with Crippen molar-refractivity contribution < 1.29 is 9.90 Å². The molecule has 0 aliphatic carbocycles. The van der Waals surface area contributed by atoms with Gasteiger partial charge in [0.1, 0.15) is 11.6 Å². The number of nitrogens with zero attached hydrogens (tertiary/aromatic N) is 3. The normalized spacial score (nSPS) is 12.3. The maximum Gasteiger partial charge on any atom is 0.326 e. The topological polar surface area (TPSA) is 114 Å². The molecule has 2 aromatic heterocycles. The number of rotatable bonds is 5. The zero-order valence-corrected chi connectivity index (χ0v) is 10.5. The standard InChI is InChI=1S/C12H15N5O2/c1-2-4-8(11(18)19)15-10-9-7(5-3-6-14-9)16-12(13)17-10/h3,5-6,8H,2,4H2,1H3,(H,18,19)(H3,13,15,16,17)/t8-/m0/s1. The zero-order chi connectivity index (χ0) is 13.8. The van der Waals surface area contributed by atoms with Gasteiger partial charge in [-0.15, -0.1) is 0 Å². The molecule has 0 aliphatic rings. The number of carboxylic acid groups (broad SMARTS) is 1. The van der Waals surface area contributed by atoms with Crippen LogP contribution < -0.4 is 11.1 Å². The third kappa shape index (κ3) is 2.87. The van der Waals surface area contributed by atoms with E-state index in [1.54, 1.807) is 18.3 Å². The first-order chi connectivity index (χ1) is 9.11. The molecule has 19 heavy (non-hydrogen) atoms. The Morgan fingerprint density at radius 2 is 2.32 bits per heavy atom. The van der Waals surface area contributed by atoms with Gasteiger partial charge in [0, 0.05) is 6.20 Å². The van der Waals surface area contributed by atoms with Gasteiger partial charge in [-0.25, -0.2) is 9.78 Å². The minimum Gasteiger partial charge on any atom is -0.480 e. The molecule has 0 saturated heterocycles. The van der Waals surface area contributed by atoms with Crippen molar-refractivity contribution in [2.24, 2.45) is 0 Å². The zero-order valence-electron chi connectivity index (χ0n) is 10.5. The Morgan fingerprint density at radius 1 is 1.53 bits per heavy atom. The maximum absolute atomic E-state index is 11.2. The molecule has 0 bridgehead atoms. The number of hydrogen-bond acceptors (Lipinski definition) is 6. The largest absolute Gasteiger partial charge is 0.480 e. The Labute approximate surface area is 109 Å². The van der Waals surface area contributed by atoms with Gasteiger partial charge in [0.15, 0.2) is 5.82 Å². The first-order valence-electron chi connectivity index (χ1n) is 5.99. The van der Waals surface area contributed by atoms with E-state index in [0.29, 0.717) is 23.3 Å². The van der Waals surface area contributed by atoms with Crippen LogP contribution in [0.1, 0.15) is 19.8 Å². The highest BCUT2D eigenvalue weighted by molar-refractivity contribution is 5.88. The van der Waals surface area contributed by atoms with Crippen molar-refractivity contribution in [1.29, 1.82) is 0 Å². The van der Waals surface area contributed by atoms with Crippen molar-refractivity contribution in [3.63, 3.8) is 0 Å². The molecule has 7 heteroatoms. The van der Waals surface area contributed by atoms with Crippen LogP contribution in [0.2, 0.25) is 0 Å². The van der Waals surface area contributed by atoms with Gasteiger partial charge in [0.25, 0.3) is 0 Å². The molecule has 2 aromatic rings. The van der Waals surface area contributed by atoms with Crippen LogP contribution in [0.5, 0.6) is 0 Å². The third-order valence-corrected chi connectivity index (χ3v) is 2.66. The Kier molecular flexibility index (Phi) is 3.74. The van der Waals surface area contributed by atoms with Gasteiger partial charge in [0.05, 0.1) is 5.52 Å². The van der Waals surface area contributed by atoms with E-state index in [1.807, 2.05) is 6.92 Å². The van der Waals surface area contributed by atoms with E-state index in [4.69, 9.17) is 10.8 Å². The number of aliphatic carboxylic acids is 1. The predicted molar refractivity (Wildman–Crippen MR) is 71.7 cm³/mol. The minimum absolute atomic E-state index is 0.0867. The first kappa shape index (κ1) is 13.0. The molecule has 2 heterocycles. The Hall–Kier alpha value is -2.44. The molecule has 0 amide bonds. The van der Waals surface area contributed by atoms with E-state index < -0.39 is 12.0 Å². The fourth-order valence-corrected chi connectivity index (χ4v) is 1.80. The van der Waals surface area contributed by atoms with Crippen molar-refractivity contribution >= 4 is 28.8 Å². The second kappa shape index (κ2) is 5.47. The smallest absolute Gasteiger partial charge is 0.326 e. The molecule has 1 atom stereocenters. The average Bonchev–Trinajstić information content (AvgIpc) is 2.37. The summed E-state index contributed by atoms with van der Waals surface area (Å²) < 4.78 is 0. The first-order valence-corrected chi connectivity index (χ1v) is 5.99. The lowest BCUT2D eigenvalue weighted by atomic mass is 10.1. The number of fused-ring (bicyclic) bond motifs is 1. The van der Waals surface area contributed by atoms with Gasteiger partial charge in [-0.3, -0.25) is 4.98 Å². The molecule has 4 N–H and O–H groups in total. The second-order valence-corrected chi connectivity index (χ2v) is 4.13. The van der Waals surface area contributed by atoms with Crippen molar-refractivity contribution in [3.05, 3.63) is 18.3 Å². The number of nitrogens with one attached hydrogen (secondary N) is 1. The molecular formula is C12H15N5O2. The van der Waals surface area contributed by atoms with Gasteiger partial charge in [-0.1, -0.05) is 13.3 Å². The lowest BCUT2D eigenvalue weighted by Gasteiger charge is -2.15. The molecule has 7 nitrogen and oxygen atoms in total. The molecule has 100 valence electrons. The maximum atomic E-state index is 11.2. The van der Waals surface area contributed by atoms with Crippen LogP contribution in [0.25, 0.3) is 11.0 Å². The monoisotopic (exact) mass is 261 g/mol. The molecule has 0 spiro atoms. The lowest BCUT2D eigenvalue weighted by Crippen LogP contribution is -2.29. The Bertz CT molecular complexity index is 602. The average molecular weight is 261 g/mol. The summed E-state index contributed by atoms with van der Waals surface area (Å²) in [6.45, 7) is 1.92. The van der Waals surface area contributed by atoms with E-state index in [-0.39, 0.29) is 5.95 Å². The van der Waals surface area contributed by atoms with E-state index in [1.165, 1.54) is 0 Å². The lowest BCUT2D eigenvalue weighted by molar-refractivity contribution is -0.138. The van der Waals surface area contributed by atoms with Crippen LogP contribution in [0.3, 0.4) is 0 Å². The van der Waals surface area contributed by atoms with Crippen LogP contribution in [-0.4, -0.2) is 32.1 Å². The molecule has 0 fully saturated rings. The number of carboxylic acids is 1.